The third-order valence-electron chi connectivity index (χ3n) is 3.77. The molecular formula is C15H24N2O2. The van der Waals surface area contributed by atoms with E-state index < -0.39 is 11.0 Å². The summed E-state index contributed by atoms with van der Waals surface area (Å²) in [7, 11) is 1.72. The standard InChI is InChI=1S/C15H24N2O2/c1-14(2,10-18)17(5)13(19)15(3,4)11-6-8-12(16)9-7-11/h6-9,18H,10,16H2,1-5H3. The molecule has 0 saturated carbocycles. The first-order valence-electron chi connectivity index (χ1n) is 6.38. The van der Waals surface area contributed by atoms with E-state index >= 15 is 0 Å². The molecule has 0 saturated heterocycles. The molecular weight excluding hydrogens is 240 g/mol. The summed E-state index contributed by atoms with van der Waals surface area (Å²) >= 11 is 0. The van der Waals surface area contributed by atoms with E-state index in [0.717, 1.165) is 5.56 Å². The van der Waals surface area contributed by atoms with Gasteiger partial charge in [0.1, 0.15) is 0 Å². The van der Waals surface area contributed by atoms with Crippen LogP contribution in [-0.2, 0) is 10.2 Å². The fourth-order valence-corrected chi connectivity index (χ4v) is 1.82. The highest BCUT2D eigenvalue weighted by molar-refractivity contribution is 5.87. The summed E-state index contributed by atoms with van der Waals surface area (Å²) in [6, 6.07) is 7.32. The van der Waals surface area contributed by atoms with Gasteiger partial charge in [-0.05, 0) is 45.4 Å². The number of aliphatic hydroxyl groups is 1. The second kappa shape index (κ2) is 5.21. The van der Waals surface area contributed by atoms with E-state index in [1.807, 2.05) is 39.8 Å². The van der Waals surface area contributed by atoms with E-state index in [2.05, 4.69) is 0 Å². The van der Waals surface area contributed by atoms with Crippen molar-refractivity contribution in [1.29, 1.82) is 0 Å². The number of carbonyl (C=O) groups excluding carboxylic acids is 1. The van der Waals surface area contributed by atoms with Crippen molar-refractivity contribution in [2.45, 2.75) is 38.6 Å². The molecule has 0 heterocycles. The number of hydrogen-bond donors (Lipinski definition) is 2. The van der Waals surface area contributed by atoms with Crippen LogP contribution in [0.4, 0.5) is 5.69 Å². The molecule has 0 aliphatic rings. The van der Waals surface area contributed by atoms with Crippen molar-refractivity contribution in [1.82, 2.24) is 4.90 Å². The molecule has 3 N–H and O–H groups in total. The Bertz CT molecular complexity index is 450. The van der Waals surface area contributed by atoms with Gasteiger partial charge in [0, 0.05) is 12.7 Å². The molecule has 1 aromatic rings. The van der Waals surface area contributed by atoms with Gasteiger partial charge < -0.3 is 15.7 Å². The number of hydrogen-bond acceptors (Lipinski definition) is 3. The summed E-state index contributed by atoms with van der Waals surface area (Å²) in [5.41, 5.74) is 6.02. The molecule has 0 aliphatic carbocycles. The normalized spacial score (nSPS) is 12.3. The Labute approximate surface area is 115 Å². The van der Waals surface area contributed by atoms with Crippen molar-refractivity contribution < 1.29 is 9.90 Å². The van der Waals surface area contributed by atoms with E-state index in [1.54, 1.807) is 24.1 Å². The summed E-state index contributed by atoms with van der Waals surface area (Å²) in [6.45, 7) is 7.36. The summed E-state index contributed by atoms with van der Waals surface area (Å²) in [5.74, 6) is -0.0312. The van der Waals surface area contributed by atoms with Crippen LogP contribution in [0.2, 0.25) is 0 Å². The molecule has 0 atom stereocenters. The van der Waals surface area contributed by atoms with E-state index in [-0.39, 0.29) is 12.5 Å². The largest absolute Gasteiger partial charge is 0.399 e. The van der Waals surface area contributed by atoms with Crippen LogP contribution in [0.25, 0.3) is 0 Å². The van der Waals surface area contributed by atoms with Crippen LogP contribution < -0.4 is 5.73 Å². The molecule has 19 heavy (non-hydrogen) atoms. The first kappa shape index (κ1) is 15.5. The Morgan fingerprint density at radius 1 is 1.21 bits per heavy atom. The van der Waals surface area contributed by atoms with Gasteiger partial charge in [0.25, 0.3) is 0 Å². The molecule has 1 amide bonds. The second-order valence-electron chi connectivity index (χ2n) is 6.08. The summed E-state index contributed by atoms with van der Waals surface area (Å²) in [4.78, 5) is 14.2. The smallest absolute Gasteiger partial charge is 0.232 e. The minimum absolute atomic E-state index is 0.0312. The van der Waals surface area contributed by atoms with Crippen molar-refractivity contribution in [3.05, 3.63) is 29.8 Å². The van der Waals surface area contributed by atoms with Gasteiger partial charge in [-0.25, -0.2) is 0 Å². The number of nitrogen functional groups attached to an aromatic ring is 1. The first-order valence-corrected chi connectivity index (χ1v) is 6.38. The van der Waals surface area contributed by atoms with Crippen LogP contribution in [0.1, 0.15) is 33.3 Å². The van der Waals surface area contributed by atoms with Gasteiger partial charge in [-0.15, -0.1) is 0 Å². The molecule has 0 fully saturated rings. The van der Waals surface area contributed by atoms with Gasteiger partial charge in [0.15, 0.2) is 0 Å². The average molecular weight is 264 g/mol. The van der Waals surface area contributed by atoms with E-state index in [1.165, 1.54) is 0 Å². The molecule has 1 aromatic carbocycles. The Hall–Kier alpha value is -1.55. The molecule has 106 valence electrons. The van der Waals surface area contributed by atoms with Gasteiger partial charge in [0.2, 0.25) is 5.91 Å². The lowest BCUT2D eigenvalue weighted by Gasteiger charge is -2.39. The number of benzene rings is 1. The second-order valence-corrected chi connectivity index (χ2v) is 6.08. The Kier molecular flexibility index (Phi) is 4.25. The van der Waals surface area contributed by atoms with Crippen molar-refractivity contribution >= 4 is 11.6 Å². The fourth-order valence-electron chi connectivity index (χ4n) is 1.82. The van der Waals surface area contributed by atoms with Gasteiger partial charge in [-0.1, -0.05) is 12.1 Å². The molecule has 1 rings (SSSR count). The quantitative estimate of drug-likeness (QED) is 0.815. The van der Waals surface area contributed by atoms with E-state index in [9.17, 15) is 9.90 Å². The van der Waals surface area contributed by atoms with Crippen molar-refractivity contribution in [2.24, 2.45) is 0 Å². The monoisotopic (exact) mass is 264 g/mol. The third kappa shape index (κ3) is 3.07. The van der Waals surface area contributed by atoms with Crippen LogP contribution >= 0.6 is 0 Å². The number of carbonyl (C=O) groups is 1. The zero-order valence-electron chi connectivity index (χ0n) is 12.4. The van der Waals surface area contributed by atoms with Gasteiger partial charge in [-0.2, -0.15) is 0 Å². The number of nitrogens with two attached hydrogens (primary N) is 1. The van der Waals surface area contributed by atoms with Gasteiger partial charge >= 0.3 is 0 Å². The zero-order valence-corrected chi connectivity index (χ0v) is 12.4. The average Bonchev–Trinajstić information content (AvgIpc) is 2.37. The summed E-state index contributed by atoms with van der Waals surface area (Å²) < 4.78 is 0. The Morgan fingerprint density at radius 2 is 1.68 bits per heavy atom. The molecule has 0 aromatic heterocycles. The maximum atomic E-state index is 12.6. The predicted molar refractivity (Wildman–Crippen MR) is 77.8 cm³/mol. The highest BCUT2D eigenvalue weighted by atomic mass is 16.3. The molecule has 4 heteroatoms. The molecule has 0 bridgehead atoms. The SMILES string of the molecule is CN(C(=O)C(C)(C)c1ccc(N)cc1)C(C)(C)CO. The highest BCUT2D eigenvalue weighted by Gasteiger charge is 2.37. The zero-order chi connectivity index (χ0) is 14.8. The van der Waals surface area contributed by atoms with Gasteiger partial charge in [-0.3, -0.25) is 4.79 Å². The van der Waals surface area contributed by atoms with Crippen LogP contribution in [0.5, 0.6) is 0 Å². The molecule has 4 nitrogen and oxygen atoms in total. The molecule has 0 aliphatic heterocycles. The highest BCUT2D eigenvalue weighted by Crippen LogP contribution is 2.28. The van der Waals surface area contributed by atoms with E-state index in [0.29, 0.717) is 5.69 Å². The predicted octanol–water partition coefficient (Wildman–Crippen LogP) is 1.78. The van der Waals surface area contributed by atoms with Crippen molar-refractivity contribution in [2.75, 3.05) is 19.4 Å². The van der Waals surface area contributed by atoms with Crippen molar-refractivity contribution in [3.63, 3.8) is 0 Å². The molecule has 0 radical (unpaired) electrons. The van der Waals surface area contributed by atoms with Crippen LogP contribution in [-0.4, -0.2) is 35.1 Å². The Morgan fingerprint density at radius 3 is 2.11 bits per heavy atom. The number of likely N-dealkylation sites (N-methyl/N-ethyl adjacent to an activating group) is 1. The minimum atomic E-state index is -0.658. The van der Waals surface area contributed by atoms with Crippen LogP contribution in [0.15, 0.2) is 24.3 Å². The number of rotatable bonds is 4. The number of anilines is 1. The summed E-state index contributed by atoms with van der Waals surface area (Å²) in [6.07, 6.45) is 0. The third-order valence-corrected chi connectivity index (χ3v) is 3.77. The lowest BCUT2D eigenvalue weighted by Crippen LogP contribution is -2.53. The number of aliphatic hydroxyl groups excluding tert-OH is 1. The Balaban J connectivity index is 3.06. The first-order chi connectivity index (χ1) is 8.63. The maximum Gasteiger partial charge on any atom is 0.232 e. The lowest BCUT2D eigenvalue weighted by atomic mass is 9.82. The number of amides is 1. The topological polar surface area (TPSA) is 66.6 Å². The molecule has 0 spiro atoms. The minimum Gasteiger partial charge on any atom is -0.399 e. The van der Waals surface area contributed by atoms with E-state index in [4.69, 9.17) is 5.73 Å². The van der Waals surface area contributed by atoms with Crippen molar-refractivity contribution in [3.8, 4) is 0 Å². The van der Waals surface area contributed by atoms with Gasteiger partial charge in [0.05, 0.1) is 17.6 Å². The van der Waals surface area contributed by atoms with Crippen LogP contribution in [0, 0.1) is 0 Å². The summed E-state index contributed by atoms with van der Waals surface area (Å²) in [5, 5.41) is 9.38. The maximum absolute atomic E-state index is 12.6. The lowest BCUT2D eigenvalue weighted by molar-refractivity contribution is -0.141. The molecule has 0 unspecified atom stereocenters. The number of nitrogens with zero attached hydrogens (tertiary/aromatic N) is 1. The fraction of sp³-hybridized carbons (Fsp3) is 0.533. The van der Waals surface area contributed by atoms with Crippen LogP contribution in [0.3, 0.4) is 0 Å².